The van der Waals surface area contributed by atoms with Crippen molar-refractivity contribution < 1.29 is 18.9 Å². The van der Waals surface area contributed by atoms with Gasteiger partial charge in [0.25, 0.3) is 0 Å². The second kappa shape index (κ2) is 7.61. The first-order valence-corrected chi connectivity index (χ1v) is 8.53. The third-order valence-corrected chi connectivity index (χ3v) is 5.00. The van der Waals surface area contributed by atoms with E-state index in [1.54, 1.807) is 0 Å². The molecular weight excluding hydrogens is 280 g/mol. The van der Waals surface area contributed by atoms with Crippen LogP contribution in [0.25, 0.3) is 0 Å². The second-order valence-electron chi connectivity index (χ2n) is 5.40. The first-order chi connectivity index (χ1) is 9.39. The van der Waals surface area contributed by atoms with Gasteiger partial charge in [0.05, 0.1) is 0 Å². The highest BCUT2D eigenvalue weighted by Crippen LogP contribution is 2.32. The Labute approximate surface area is 122 Å². The number of carboxylic acids is 1. The van der Waals surface area contributed by atoms with Crippen LogP contribution in [-0.2, 0) is 15.6 Å². The molecule has 3 unspecified atom stereocenters. The summed E-state index contributed by atoms with van der Waals surface area (Å²) in [5, 5.41) is 14.6. The Balaban J connectivity index is 2.51. The Morgan fingerprint density at radius 3 is 2.70 bits per heavy atom. The lowest BCUT2D eigenvalue weighted by molar-refractivity contribution is -0.146. The molecule has 116 valence electrons. The van der Waals surface area contributed by atoms with Crippen molar-refractivity contribution in [3.8, 4) is 0 Å². The van der Waals surface area contributed by atoms with Gasteiger partial charge in [-0.15, -0.1) is 0 Å². The van der Waals surface area contributed by atoms with Gasteiger partial charge in [-0.1, -0.05) is 26.7 Å². The number of nitrogens with one attached hydrogen (secondary N) is 2. The fraction of sp³-hybridized carbons (Fsp3) is 0.846. The average Bonchev–Trinajstić information content (AvgIpc) is 2.38. The van der Waals surface area contributed by atoms with Crippen LogP contribution in [0.3, 0.4) is 0 Å². The minimum absolute atomic E-state index is 0.285. The topological polar surface area (TPSA) is 95.5 Å². The number of carbonyl (C=O) groups is 2. The zero-order chi connectivity index (χ0) is 15.2. The van der Waals surface area contributed by atoms with E-state index >= 15 is 0 Å². The van der Waals surface area contributed by atoms with Gasteiger partial charge in [-0.2, -0.15) is 0 Å². The number of amides is 2. The molecule has 1 aliphatic carbocycles. The van der Waals surface area contributed by atoms with Crippen molar-refractivity contribution >= 4 is 22.8 Å². The van der Waals surface area contributed by atoms with Crippen LogP contribution in [-0.4, -0.2) is 44.9 Å². The first-order valence-electron chi connectivity index (χ1n) is 7.04. The highest BCUT2D eigenvalue weighted by atomic mass is 32.2. The molecular formula is C13H24N2O4S. The molecule has 0 radical (unpaired) electrons. The maximum Gasteiger partial charge on any atom is 0.329 e. The molecule has 1 fully saturated rings. The molecule has 6 nitrogen and oxygen atoms in total. The molecule has 0 bridgehead atoms. The molecule has 1 aliphatic rings. The Morgan fingerprint density at radius 1 is 1.45 bits per heavy atom. The number of carbonyl (C=O) groups excluding carboxylic acids is 1. The molecule has 0 aliphatic heterocycles. The van der Waals surface area contributed by atoms with Gasteiger partial charge in [0.1, 0.15) is 5.54 Å². The number of carboxylic acid groups (broad SMARTS) is 1. The number of hydrogen-bond donors (Lipinski definition) is 3. The summed E-state index contributed by atoms with van der Waals surface area (Å²) in [5.74, 6) is 0.254. The standard InChI is InChI=1S/C13H24N2O4S/c1-3-20(19)8-7-14-12(18)15-13(11(16)17)6-4-5-10(2)9-13/h10H,3-9H2,1-2H3,(H,16,17)(H2,14,15,18). The van der Waals surface area contributed by atoms with Gasteiger partial charge in [0.15, 0.2) is 0 Å². The highest BCUT2D eigenvalue weighted by molar-refractivity contribution is 7.84. The molecule has 7 heteroatoms. The van der Waals surface area contributed by atoms with Crippen LogP contribution in [0, 0.1) is 5.92 Å². The van der Waals surface area contributed by atoms with Crippen LogP contribution < -0.4 is 10.6 Å². The summed E-state index contributed by atoms with van der Waals surface area (Å²) < 4.78 is 11.2. The monoisotopic (exact) mass is 304 g/mol. The van der Waals surface area contributed by atoms with Gasteiger partial charge in [-0.05, 0) is 18.8 Å². The molecule has 0 heterocycles. The van der Waals surface area contributed by atoms with E-state index in [0.29, 0.717) is 24.3 Å². The van der Waals surface area contributed by atoms with Crippen molar-refractivity contribution in [2.75, 3.05) is 18.1 Å². The van der Waals surface area contributed by atoms with E-state index in [2.05, 4.69) is 10.6 Å². The van der Waals surface area contributed by atoms with Gasteiger partial charge in [0, 0.05) is 28.9 Å². The van der Waals surface area contributed by atoms with Crippen LogP contribution in [0.2, 0.25) is 0 Å². The second-order valence-corrected chi connectivity index (χ2v) is 7.27. The van der Waals surface area contributed by atoms with Crippen molar-refractivity contribution in [2.24, 2.45) is 5.92 Å². The molecule has 0 saturated heterocycles. The zero-order valence-corrected chi connectivity index (χ0v) is 12.9. The SMILES string of the molecule is CCS(=O)CCNC(=O)NC1(C(=O)O)CCCC(C)C1. The number of aliphatic carboxylic acids is 1. The van der Waals surface area contributed by atoms with Crippen molar-refractivity contribution in [3.05, 3.63) is 0 Å². The fourth-order valence-electron chi connectivity index (χ4n) is 2.60. The molecule has 0 aromatic rings. The first kappa shape index (κ1) is 16.9. The summed E-state index contributed by atoms with van der Waals surface area (Å²) in [7, 11) is -0.934. The summed E-state index contributed by atoms with van der Waals surface area (Å²) in [6.07, 6.45) is 2.71. The van der Waals surface area contributed by atoms with Crippen LogP contribution in [0.15, 0.2) is 0 Å². The Kier molecular flexibility index (Phi) is 6.45. The van der Waals surface area contributed by atoms with E-state index < -0.39 is 28.3 Å². The van der Waals surface area contributed by atoms with Crippen LogP contribution in [0.5, 0.6) is 0 Å². The quantitative estimate of drug-likeness (QED) is 0.684. The van der Waals surface area contributed by atoms with Crippen LogP contribution in [0.4, 0.5) is 4.79 Å². The Hall–Kier alpha value is -1.11. The molecule has 0 aromatic heterocycles. The molecule has 20 heavy (non-hydrogen) atoms. The molecule has 1 rings (SSSR count). The Bertz CT molecular complexity index is 389. The van der Waals surface area contributed by atoms with Crippen molar-refractivity contribution in [3.63, 3.8) is 0 Å². The predicted octanol–water partition coefficient (Wildman–Crippen LogP) is 1.09. The van der Waals surface area contributed by atoms with Gasteiger partial charge < -0.3 is 15.7 Å². The van der Waals surface area contributed by atoms with Gasteiger partial charge >= 0.3 is 12.0 Å². The third kappa shape index (κ3) is 4.77. The van der Waals surface area contributed by atoms with E-state index in [1.165, 1.54) is 0 Å². The molecule has 3 atom stereocenters. The fourth-order valence-corrected chi connectivity index (χ4v) is 3.22. The summed E-state index contributed by atoms with van der Waals surface area (Å²) in [6.45, 7) is 4.11. The summed E-state index contributed by atoms with van der Waals surface area (Å²) in [6, 6.07) is -0.491. The number of rotatable bonds is 6. The summed E-state index contributed by atoms with van der Waals surface area (Å²) in [5.41, 5.74) is -1.16. The molecule has 3 N–H and O–H groups in total. The maximum absolute atomic E-state index is 11.8. The van der Waals surface area contributed by atoms with E-state index in [-0.39, 0.29) is 12.5 Å². The third-order valence-electron chi connectivity index (χ3n) is 3.70. The van der Waals surface area contributed by atoms with Gasteiger partial charge in [0.2, 0.25) is 0 Å². The van der Waals surface area contributed by atoms with E-state index in [0.717, 1.165) is 12.8 Å². The number of urea groups is 1. The lowest BCUT2D eigenvalue weighted by atomic mass is 9.76. The number of hydrogen-bond acceptors (Lipinski definition) is 3. The minimum Gasteiger partial charge on any atom is -0.480 e. The van der Waals surface area contributed by atoms with Crippen molar-refractivity contribution in [1.82, 2.24) is 10.6 Å². The zero-order valence-electron chi connectivity index (χ0n) is 12.1. The normalized spacial score (nSPS) is 27.6. The molecule has 0 spiro atoms. The van der Waals surface area contributed by atoms with Crippen molar-refractivity contribution in [2.45, 2.75) is 45.1 Å². The van der Waals surface area contributed by atoms with Crippen LogP contribution in [0.1, 0.15) is 39.5 Å². The predicted molar refractivity (Wildman–Crippen MR) is 78.1 cm³/mol. The molecule has 0 aromatic carbocycles. The van der Waals surface area contributed by atoms with E-state index in [4.69, 9.17) is 0 Å². The van der Waals surface area contributed by atoms with E-state index in [9.17, 15) is 18.9 Å². The minimum atomic E-state index is -1.16. The lowest BCUT2D eigenvalue weighted by Crippen LogP contribution is -2.59. The summed E-state index contributed by atoms with van der Waals surface area (Å²) >= 11 is 0. The van der Waals surface area contributed by atoms with Crippen LogP contribution >= 0.6 is 0 Å². The van der Waals surface area contributed by atoms with E-state index in [1.807, 2.05) is 13.8 Å². The van der Waals surface area contributed by atoms with Crippen molar-refractivity contribution in [1.29, 1.82) is 0 Å². The maximum atomic E-state index is 11.8. The summed E-state index contributed by atoms with van der Waals surface area (Å²) in [4.78, 5) is 23.3. The Morgan fingerprint density at radius 2 is 2.15 bits per heavy atom. The smallest absolute Gasteiger partial charge is 0.329 e. The molecule has 1 saturated carbocycles. The lowest BCUT2D eigenvalue weighted by Gasteiger charge is -2.36. The largest absolute Gasteiger partial charge is 0.480 e. The van der Waals surface area contributed by atoms with Gasteiger partial charge in [-0.25, -0.2) is 9.59 Å². The average molecular weight is 304 g/mol. The van der Waals surface area contributed by atoms with Gasteiger partial charge in [-0.3, -0.25) is 4.21 Å². The highest BCUT2D eigenvalue weighted by Gasteiger charge is 2.43. The molecule has 2 amide bonds.